The average molecular weight is 193 g/mol. The van der Waals surface area contributed by atoms with Crippen molar-refractivity contribution >= 4 is 0 Å². The summed E-state index contributed by atoms with van der Waals surface area (Å²) in [5.74, 6) is 0.759. The fraction of sp³-hybridized carbons (Fsp3) is 0.667. The first kappa shape index (κ1) is 23.0. The second kappa shape index (κ2) is 15.7. The smallest absolute Gasteiger partial charge is 0 e. The summed E-state index contributed by atoms with van der Waals surface area (Å²) in [7, 11) is 0. The Hall–Kier alpha value is 1.06. The molecule has 0 saturated carbocycles. The standard InChI is InChI=1S/C5H11.CH3.H2O.Y/c1-4-5(2)3;;;/h4-5H,1-3H3;1H3;1H2;/q2*-1;;. The summed E-state index contributed by atoms with van der Waals surface area (Å²) in [5.41, 5.74) is 0. The second-order valence-corrected chi connectivity index (χ2v) is 1.58. The van der Waals surface area contributed by atoms with Gasteiger partial charge >= 0.3 is 0 Å². The molecule has 1 radical (unpaired) electrons. The molecule has 0 bridgehead atoms. The van der Waals surface area contributed by atoms with Crippen molar-refractivity contribution < 1.29 is 38.2 Å². The Labute approximate surface area is 78.4 Å². The first-order chi connectivity index (χ1) is 2.27. The van der Waals surface area contributed by atoms with Gasteiger partial charge in [0.2, 0.25) is 0 Å². The zero-order valence-electron chi connectivity index (χ0n) is 6.23. The molecule has 1 nitrogen and oxygen atoms in total. The molecule has 2 heteroatoms. The largest absolute Gasteiger partial charge is 0.412 e. The van der Waals surface area contributed by atoms with Crippen molar-refractivity contribution in [2.24, 2.45) is 5.92 Å². The third-order valence-corrected chi connectivity index (χ3v) is 0.667. The van der Waals surface area contributed by atoms with Crippen LogP contribution in [0.1, 0.15) is 20.8 Å². The van der Waals surface area contributed by atoms with Gasteiger partial charge < -0.3 is 19.3 Å². The molecular weight excluding hydrogens is 177 g/mol. The van der Waals surface area contributed by atoms with Crippen LogP contribution < -0.4 is 0 Å². The fourth-order valence-corrected chi connectivity index (χ4v) is 0. The van der Waals surface area contributed by atoms with E-state index in [4.69, 9.17) is 0 Å². The molecule has 0 aromatic carbocycles. The normalized spacial score (nSPS) is 6.00. The van der Waals surface area contributed by atoms with Crippen LogP contribution in [0.15, 0.2) is 0 Å². The van der Waals surface area contributed by atoms with Gasteiger partial charge in [-0.2, -0.15) is 12.8 Å². The maximum Gasteiger partial charge on any atom is 0 e. The predicted octanol–water partition coefficient (Wildman–Crippen LogP) is 1.49. The molecule has 0 spiro atoms. The molecule has 0 aliphatic heterocycles. The quantitative estimate of drug-likeness (QED) is 0.565. The van der Waals surface area contributed by atoms with E-state index < -0.39 is 0 Å². The molecular formula is C6H16OY-2. The Bertz CT molecular complexity index is 22.5. The molecule has 8 heavy (non-hydrogen) atoms. The molecule has 0 saturated heterocycles. The van der Waals surface area contributed by atoms with Gasteiger partial charge in [-0.3, -0.25) is 0 Å². The van der Waals surface area contributed by atoms with Crippen LogP contribution in [-0.4, -0.2) is 5.48 Å². The van der Waals surface area contributed by atoms with Crippen LogP contribution in [0.2, 0.25) is 0 Å². The van der Waals surface area contributed by atoms with E-state index in [0.717, 1.165) is 5.92 Å². The monoisotopic (exact) mass is 193 g/mol. The molecule has 0 fully saturated rings. The molecule has 0 atom stereocenters. The van der Waals surface area contributed by atoms with Crippen LogP contribution in [0.25, 0.3) is 0 Å². The maximum atomic E-state index is 2.17. The predicted molar refractivity (Wildman–Crippen MR) is 34.8 cm³/mol. The fourth-order valence-electron chi connectivity index (χ4n) is 0. The van der Waals surface area contributed by atoms with Crippen molar-refractivity contribution in [3.05, 3.63) is 13.8 Å². The topological polar surface area (TPSA) is 31.5 Å². The van der Waals surface area contributed by atoms with Crippen LogP contribution in [-0.2, 0) is 32.7 Å². The van der Waals surface area contributed by atoms with Gasteiger partial charge in [-0.05, 0) is 0 Å². The summed E-state index contributed by atoms with van der Waals surface area (Å²) in [6.07, 6.45) is 2.17. The maximum absolute atomic E-state index is 2.17. The van der Waals surface area contributed by atoms with E-state index in [-0.39, 0.29) is 45.6 Å². The molecule has 0 aliphatic carbocycles. The molecule has 51 valence electrons. The molecule has 0 heterocycles. The number of rotatable bonds is 1. The van der Waals surface area contributed by atoms with Gasteiger partial charge in [0.25, 0.3) is 0 Å². The molecule has 0 unspecified atom stereocenters. The molecule has 0 aromatic heterocycles. The minimum atomic E-state index is 0. The number of hydrogen-bond donors (Lipinski definition) is 0. The molecule has 0 amide bonds. The SMILES string of the molecule is C[CH-]C(C)C.O.[CH3-].[Y]. The van der Waals surface area contributed by atoms with Gasteiger partial charge in [0.1, 0.15) is 0 Å². The molecule has 2 N–H and O–H groups in total. The van der Waals surface area contributed by atoms with Crippen LogP contribution >= 0.6 is 0 Å². The van der Waals surface area contributed by atoms with Gasteiger partial charge in [0.15, 0.2) is 0 Å². The summed E-state index contributed by atoms with van der Waals surface area (Å²) < 4.78 is 0. The van der Waals surface area contributed by atoms with E-state index in [1.54, 1.807) is 0 Å². The van der Waals surface area contributed by atoms with Crippen LogP contribution in [0.3, 0.4) is 0 Å². The second-order valence-electron chi connectivity index (χ2n) is 1.58. The Morgan fingerprint density at radius 2 is 1.38 bits per heavy atom. The van der Waals surface area contributed by atoms with Gasteiger partial charge in [-0.25, -0.2) is 0 Å². The van der Waals surface area contributed by atoms with Crippen LogP contribution in [0.4, 0.5) is 0 Å². The summed E-state index contributed by atoms with van der Waals surface area (Å²) in [5, 5.41) is 0. The van der Waals surface area contributed by atoms with E-state index in [2.05, 4.69) is 27.2 Å². The van der Waals surface area contributed by atoms with Crippen LogP contribution in [0.5, 0.6) is 0 Å². The third kappa shape index (κ3) is 27.7. The summed E-state index contributed by atoms with van der Waals surface area (Å²) in [4.78, 5) is 0. The van der Waals surface area contributed by atoms with Crippen LogP contribution in [0, 0.1) is 19.8 Å². The molecule has 0 aliphatic rings. The first-order valence-electron chi connectivity index (χ1n) is 2.07. The minimum absolute atomic E-state index is 0. The van der Waals surface area contributed by atoms with Crippen molar-refractivity contribution in [1.29, 1.82) is 0 Å². The van der Waals surface area contributed by atoms with E-state index in [1.165, 1.54) is 0 Å². The van der Waals surface area contributed by atoms with E-state index in [1.807, 2.05) is 0 Å². The Morgan fingerprint density at radius 1 is 1.25 bits per heavy atom. The first-order valence-corrected chi connectivity index (χ1v) is 2.07. The molecule has 0 rings (SSSR count). The summed E-state index contributed by atoms with van der Waals surface area (Å²) >= 11 is 0. The zero-order valence-corrected chi connectivity index (χ0v) is 9.07. The van der Waals surface area contributed by atoms with Gasteiger partial charge in [0, 0.05) is 32.7 Å². The Balaban J connectivity index is -0.0000000267. The summed E-state index contributed by atoms with van der Waals surface area (Å²) in [6, 6.07) is 0. The summed E-state index contributed by atoms with van der Waals surface area (Å²) in [6.45, 7) is 6.41. The molecule has 0 aromatic rings. The van der Waals surface area contributed by atoms with E-state index in [9.17, 15) is 0 Å². The van der Waals surface area contributed by atoms with Gasteiger partial charge in [0.05, 0.1) is 0 Å². The van der Waals surface area contributed by atoms with Gasteiger partial charge in [-0.1, -0.05) is 13.8 Å². The van der Waals surface area contributed by atoms with Crippen molar-refractivity contribution in [3.63, 3.8) is 0 Å². The van der Waals surface area contributed by atoms with Crippen molar-refractivity contribution in [2.45, 2.75) is 20.8 Å². The van der Waals surface area contributed by atoms with Crippen molar-refractivity contribution in [3.8, 4) is 0 Å². The van der Waals surface area contributed by atoms with E-state index >= 15 is 0 Å². The van der Waals surface area contributed by atoms with Crippen molar-refractivity contribution in [2.75, 3.05) is 0 Å². The number of hydrogen-bond acceptors (Lipinski definition) is 0. The Kier molecular flexibility index (Phi) is 45.1. The van der Waals surface area contributed by atoms with E-state index in [0.29, 0.717) is 0 Å². The zero-order chi connectivity index (χ0) is 4.28. The minimum Gasteiger partial charge on any atom is -0.412 e. The van der Waals surface area contributed by atoms with Gasteiger partial charge in [-0.15, -0.1) is 0 Å². The third-order valence-electron chi connectivity index (χ3n) is 0.667. The Morgan fingerprint density at radius 3 is 1.38 bits per heavy atom. The average Bonchev–Trinajstić information content (AvgIpc) is 1.38. The van der Waals surface area contributed by atoms with Crippen molar-refractivity contribution in [1.82, 2.24) is 0 Å².